The average Bonchev–Trinajstić information content (AvgIpc) is 2.22. The van der Waals surface area contributed by atoms with Crippen molar-refractivity contribution < 1.29 is 19.5 Å². The molecule has 0 rings (SSSR count). The van der Waals surface area contributed by atoms with Gasteiger partial charge in [-0.2, -0.15) is 0 Å². The Balaban J connectivity index is 4.07. The monoisotopic (exact) mass is 245 g/mol. The van der Waals surface area contributed by atoms with E-state index in [4.69, 9.17) is 5.11 Å². The molecule has 0 aliphatic heterocycles. The average molecular weight is 245 g/mol. The normalized spacial score (nSPS) is 11.8. The fraction of sp³-hybridized carbons (Fsp3) is 0.700. The number of nitrogens with one attached hydrogen (secondary N) is 3. The van der Waals surface area contributed by atoms with E-state index < -0.39 is 18.0 Å². The molecule has 0 saturated carbocycles. The number of aliphatic carboxylic acids is 1. The molecule has 7 nitrogen and oxygen atoms in total. The van der Waals surface area contributed by atoms with E-state index in [9.17, 15) is 14.4 Å². The van der Waals surface area contributed by atoms with Gasteiger partial charge in [0.1, 0.15) is 6.04 Å². The summed E-state index contributed by atoms with van der Waals surface area (Å²) in [6.45, 7) is 5.43. The number of carboxylic acids is 1. The Morgan fingerprint density at radius 2 is 1.76 bits per heavy atom. The summed E-state index contributed by atoms with van der Waals surface area (Å²) in [6, 6.07) is -1.64. The van der Waals surface area contributed by atoms with Gasteiger partial charge in [0.05, 0.1) is 6.54 Å². The lowest BCUT2D eigenvalue weighted by Gasteiger charge is -2.18. The number of carbonyl (C=O) groups is 3. The summed E-state index contributed by atoms with van der Waals surface area (Å²) in [7, 11) is 0. The predicted octanol–water partition coefficient (Wildman–Crippen LogP) is -0.469. The minimum atomic E-state index is -1.10. The van der Waals surface area contributed by atoms with Crippen molar-refractivity contribution >= 4 is 17.9 Å². The highest BCUT2D eigenvalue weighted by atomic mass is 16.4. The van der Waals surface area contributed by atoms with Crippen LogP contribution in [0.15, 0.2) is 0 Å². The molecule has 0 aromatic carbocycles. The van der Waals surface area contributed by atoms with E-state index >= 15 is 0 Å². The Kier molecular flexibility index (Phi) is 6.69. The summed E-state index contributed by atoms with van der Waals surface area (Å²) in [4.78, 5) is 33.1. The molecule has 3 amide bonds. The lowest BCUT2D eigenvalue weighted by Crippen LogP contribution is -2.50. The zero-order valence-corrected chi connectivity index (χ0v) is 10.2. The first-order valence-electron chi connectivity index (χ1n) is 5.42. The quantitative estimate of drug-likeness (QED) is 0.507. The lowest BCUT2D eigenvalue weighted by molar-refractivity contribution is -0.140. The summed E-state index contributed by atoms with van der Waals surface area (Å²) < 4.78 is 0. The van der Waals surface area contributed by atoms with Crippen LogP contribution in [0.5, 0.6) is 0 Å². The summed E-state index contributed by atoms with van der Waals surface area (Å²) in [5.74, 6) is -1.66. The number of likely N-dealkylation sites (N-methyl/N-ethyl adjacent to an activating group) is 1. The van der Waals surface area contributed by atoms with Crippen molar-refractivity contribution in [3.05, 3.63) is 0 Å². The van der Waals surface area contributed by atoms with Crippen LogP contribution in [0, 0.1) is 5.92 Å². The molecule has 0 spiro atoms. The van der Waals surface area contributed by atoms with Crippen LogP contribution in [0.3, 0.4) is 0 Å². The second kappa shape index (κ2) is 7.48. The van der Waals surface area contributed by atoms with E-state index in [-0.39, 0.29) is 18.4 Å². The maximum Gasteiger partial charge on any atom is 0.326 e. The maximum absolute atomic E-state index is 11.3. The van der Waals surface area contributed by atoms with Gasteiger partial charge in [0.25, 0.3) is 0 Å². The topological polar surface area (TPSA) is 108 Å². The van der Waals surface area contributed by atoms with Crippen LogP contribution in [0.2, 0.25) is 0 Å². The van der Waals surface area contributed by atoms with Crippen molar-refractivity contribution in [3.63, 3.8) is 0 Å². The number of urea groups is 1. The summed E-state index contributed by atoms with van der Waals surface area (Å²) >= 11 is 0. The van der Waals surface area contributed by atoms with E-state index in [0.29, 0.717) is 6.54 Å². The van der Waals surface area contributed by atoms with Crippen molar-refractivity contribution in [1.82, 2.24) is 16.0 Å². The molecule has 0 aromatic rings. The Bertz CT molecular complexity index is 291. The number of rotatable bonds is 6. The van der Waals surface area contributed by atoms with Gasteiger partial charge in [0.2, 0.25) is 5.91 Å². The molecule has 0 bridgehead atoms. The highest BCUT2D eigenvalue weighted by molar-refractivity contribution is 5.86. The Morgan fingerprint density at radius 1 is 1.18 bits per heavy atom. The molecule has 0 aromatic heterocycles. The first kappa shape index (κ1) is 15.2. The molecule has 7 heteroatoms. The smallest absolute Gasteiger partial charge is 0.326 e. The molecule has 0 fully saturated rings. The van der Waals surface area contributed by atoms with Gasteiger partial charge >= 0.3 is 12.0 Å². The van der Waals surface area contributed by atoms with Crippen LogP contribution < -0.4 is 16.0 Å². The standard InChI is InChI=1S/C10H19N3O4/c1-4-11-7(14)5-12-10(17)13-8(6(2)3)9(15)16/h6,8H,4-5H2,1-3H3,(H,11,14)(H,15,16)(H2,12,13,17). The van der Waals surface area contributed by atoms with Gasteiger partial charge in [0, 0.05) is 6.54 Å². The van der Waals surface area contributed by atoms with Crippen LogP contribution in [0.1, 0.15) is 20.8 Å². The minimum Gasteiger partial charge on any atom is -0.480 e. The van der Waals surface area contributed by atoms with Gasteiger partial charge in [-0.3, -0.25) is 4.79 Å². The number of carboxylic acid groups (broad SMARTS) is 1. The minimum absolute atomic E-state index is 0.176. The third kappa shape index (κ3) is 6.39. The van der Waals surface area contributed by atoms with E-state index in [2.05, 4.69) is 16.0 Å². The molecular formula is C10H19N3O4. The molecule has 98 valence electrons. The van der Waals surface area contributed by atoms with Gasteiger partial charge in [-0.05, 0) is 12.8 Å². The third-order valence-corrected chi connectivity index (χ3v) is 2.00. The highest BCUT2D eigenvalue weighted by Crippen LogP contribution is 2.00. The van der Waals surface area contributed by atoms with Gasteiger partial charge in [-0.15, -0.1) is 0 Å². The van der Waals surface area contributed by atoms with Crippen molar-refractivity contribution in [2.24, 2.45) is 5.92 Å². The van der Waals surface area contributed by atoms with Crippen molar-refractivity contribution in [1.29, 1.82) is 0 Å². The number of amides is 3. The Labute approximate surface area is 100.0 Å². The van der Waals surface area contributed by atoms with Gasteiger partial charge < -0.3 is 21.1 Å². The number of hydrogen-bond acceptors (Lipinski definition) is 3. The molecule has 4 N–H and O–H groups in total. The molecule has 17 heavy (non-hydrogen) atoms. The largest absolute Gasteiger partial charge is 0.480 e. The van der Waals surface area contributed by atoms with E-state index in [1.54, 1.807) is 20.8 Å². The molecule has 0 saturated heterocycles. The van der Waals surface area contributed by atoms with Crippen LogP contribution in [0.4, 0.5) is 4.79 Å². The number of carbonyl (C=O) groups excluding carboxylic acids is 2. The first-order chi connectivity index (χ1) is 7.88. The van der Waals surface area contributed by atoms with Crippen molar-refractivity contribution in [2.75, 3.05) is 13.1 Å². The lowest BCUT2D eigenvalue weighted by atomic mass is 10.1. The van der Waals surface area contributed by atoms with Gasteiger partial charge in [-0.1, -0.05) is 13.8 Å². The predicted molar refractivity (Wildman–Crippen MR) is 61.5 cm³/mol. The molecule has 0 aliphatic carbocycles. The summed E-state index contributed by atoms with van der Waals surface area (Å²) in [5.41, 5.74) is 0. The van der Waals surface area contributed by atoms with E-state index in [1.807, 2.05) is 0 Å². The first-order valence-corrected chi connectivity index (χ1v) is 5.42. The third-order valence-electron chi connectivity index (χ3n) is 2.00. The van der Waals surface area contributed by atoms with Gasteiger partial charge in [-0.25, -0.2) is 9.59 Å². The second-order valence-corrected chi connectivity index (χ2v) is 3.84. The fourth-order valence-corrected chi connectivity index (χ4v) is 1.13. The van der Waals surface area contributed by atoms with E-state index in [1.165, 1.54) is 0 Å². The molecule has 0 radical (unpaired) electrons. The maximum atomic E-state index is 11.3. The van der Waals surface area contributed by atoms with Crippen molar-refractivity contribution in [3.8, 4) is 0 Å². The zero-order chi connectivity index (χ0) is 13.4. The van der Waals surface area contributed by atoms with Crippen LogP contribution in [-0.4, -0.2) is 42.1 Å². The second-order valence-electron chi connectivity index (χ2n) is 3.84. The number of hydrogen-bond donors (Lipinski definition) is 4. The zero-order valence-electron chi connectivity index (χ0n) is 10.2. The molecule has 1 unspecified atom stereocenters. The van der Waals surface area contributed by atoms with Crippen LogP contribution in [0.25, 0.3) is 0 Å². The highest BCUT2D eigenvalue weighted by Gasteiger charge is 2.23. The summed E-state index contributed by atoms with van der Waals surface area (Å²) in [6.07, 6.45) is 0. The fourth-order valence-electron chi connectivity index (χ4n) is 1.13. The van der Waals surface area contributed by atoms with Gasteiger partial charge in [0.15, 0.2) is 0 Å². The van der Waals surface area contributed by atoms with Crippen molar-refractivity contribution in [2.45, 2.75) is 26.8 Å². The van der Waals surface area contributed by atoms with Crippen LogP contribution >= 0.6 is 0 Å². The molecule has 1 atom stereocenters. The molecular weight excluding hydrogens is 226 g/mol. The molecule has 0 aliphatic rings. The SMILES string of the molecule is CCNC(=O)CNC(=O)NC(C(=O)O)C(C)C. The Morgan fingerprint density at radius 3 is 2.18 bits per heavy atom. The van der Waals surface area contributed by atoms with Crippen LogP contribution in [-0.2, 0) is 9.59 Å². The summed E-state index contributed by atoms with van der Waals surface area (Å²) in [5, 5.41) is 15.9. The van der Waals surface area contributed by atoms with E-state index in [0.717, 1.165) is 0 Å². The Hall–Kier alpha value is -1.79. The molecule has 0 heterocycles.